The van der Waals surface area contributed by atoms with Crippen LogP contribution in [0.3, 0.4) is 0 Å². The van der Waals surface area contributed by atoms with E-state index < -0.39 is 0 Å². The van der Waals surface area contributed by atoms with Crippen LogP contribution in [0.1, 0.15) is 38.5 Å². The Morgan fingerprint density at radius 1 is 0.957 bits per heavy atom. The maximum absolute atomic E-state index is 12.4. The van der Waals surface area contributed by atoms with E-state index in [1.54, 1.807) is 4.90 Å². The standard InChI is InChI=1S/C15H24N6O2/c22-14(10-13-4-2-1-3-5-13)19-6-8-20(9-7-19)15(23)11-21-12-16-17-18-21/h12-13H,1-11H2. The summed E-state index contributed by atoms with van der Waals surface area (Å²) >= 11 is 0. The predicted molar refractivity (Wildman–Crippen MR) is 82.2 cm³/mol. The number of hydrogen-bond acceptors (Lipinski definition) is 5. The fourth-order valence-electron chi connectivity index (χ4n) is 3.46. The Labute approximate surface area is 135 Å². The first-order valence-electron chi connectivity index (χ1n) is 8.48. The topological polar surface area (TPSA) is 84.2 Å². The van der Waals surface area contributed by atoms with Crippen molar-refractivity contribution >= 4 is 11.8 Å². The van der Waals surface area contributed by atoms with Crippen LogP contribution >= 0.6 is 0 Å². The molecule has 23 heavy (non-hydrogen) atoms. The molecule has 0 unspecified atom stereocenters. The van der Waals surface area contributed by atoms with E-state index in [-0.39, 0.29) is 18.4 Å². The second-order valence-electron chi connectivity index (χ2n) is 6.48. The number of carbonyl (C=O) groups is 2. The molecule has 1 aliphatic heterocycles. The molecule has 2 heterocycles. The molecule has 0 bridgehead atoms. The number of hydrogen-bond donors (Lipinski definition) is 0. The fraction of sp³-hybridized carbons (Fsp3) is 0.800. The van der Waals surface area contributed by atoms with Gasteiger partial charge in [-0.2, -0.15) is 0 Å². The highest BCUT2D eigenvalue weighted by molar-refractivity contribution is 5.78. The van der Waals surface area contributed by atoms with E-state index in [4.69, 9.17) is 0 Å². The molecule has 2 fully saturated rings. The normalized spacial score (nSPS) is 19.8. The molecule has 8 nitrogen and oxygen atoms in total. The largest absolute Gasteiger partial charge is 0.339 e. The Kier molecular flexibility index (Phi) is 5.19. The van der Waals surface area contributed by atoms with Crippen LogP contribution in [0, 0.1) is 5.92 Å². The lowest BCUT2D eigenvalue weighted by Gasteiger charge is -2.35. The quantitative estimate of drug-likeness (QED) is 0.797. The van der Waals surface area contributed by atoms with Crippen molar-refractivity contribution in [3.05, 3.63) is 6.33 Å². The van der Waals surface area contributed by atoms with Crippen LogP contribution in [0.25, 0.3) is 0 Å². The number of carbonyl (C=O) groups excluding carboxylic acids is 2. The monoisotopic (exact) mass is 320 g/mol. The number of aromatic nitrogens is 4. The van der Waals surface area contributed by atoms with Gasteiger partial charge in [0.15, 0.2) is 0 Å². The molecule has 2 amide bonds. The molecule has 0 spiro atoms. The zero-order valence-corrected chi connectivity index (χ0v) is 13.4. The van der Waals surface area contributed by atoms with Gasteiger partial charge in [-0.3, -0.25) is 9.59 Å². The Balaban J connectivity index is 1.42. The van der Waals surface area contributed by atoms with Crippen LogP contribution < -0.4 is 0 Å². The van der Waals surface area contributed by atoms with Gasteiger partial charge in [-0.1, -0.05) is 19.3 Å². The van der Waals surface area contributed by atoms with Crippen LogP contribution in [0.15, 0.2) is 6.33 Å². The average Bonchev–Trinajstić information content (AvgIpc) is 3.09. The molecule has 2 aliphatic rings. The van der Waals surface area contributed by atoms with Gasteiger partial charge in [0.1, 0.15) is 12.9 Å². The van der Waals surface area contributed by atoms with Gasteiger partial charge < -0.3 is 9.80 Å². The van der Waals surface area contributed by atoms with Crippen molar-refractivity contribution in [3.63, 3.8) is 0 Å². The van der Waals surface area contributed by atoms with Crippen LogP contribution in [-0.2, 0) is 16.1 Å². The van der Waals surface area contributed by atoms with Gasteiger partial charge in [-0.05, 0) is 29.2 Å². The zero-order valence-electron chi connectivity index (χ0n) is 13.4. The van der Waals surface area contributed by atoms with Gasteiger partial charge >= 0.3 is 0 Å². The summed E-state index contributed by atoms with van der Waals surface area (Å²) in [5.41, 5.74) is 0. The summed E-state index contributed by atoms with van der Waals surface area (Å²) in [4.78, 5) is 28.3. The van der Waals surface area contributed by atoms with E-state index >= 15 is 0 Å². The summed E-state index contributed by atoms with van der Waals surface area (Å²) in [5, 5.41) is 10.7. The molecule has 1 aromatic rings. The van der Waals surface area contributed by atoms with Gasteiger partial charge in [0.25, 0.3) is 0 Å². The highest BCUT2D eigenvalue weighted by Crippen LogP contribution is 2.27. The second kappa shape index (κ2) is 7.52. The van der Waals surface area contributed by atoms with Gasteiger partial charge in [0, 0.05) is 32.6 Å². The molecule has 0 N–H and O–H groups in total. The number of nitrogens with zero attached hydrogens (tertiary/aromatic N) is 6. The van der Waals surface area contributed by atoms with E-state index in [1.165, 1.54) is 43.1 Å². The maximum Gasteiger partial charge on any atom is 0.244 e. The summed E-state index contributed by atoms with van der Waals surface area (Å²) in [6, 6.07) is 0. The number of amides is 2. The molecule has 126 valence electrons. The first kappa shape index (κ1) is 15.9. The Hall–Kier alpha value is -1.99. The summed E-state index contributed by atoms with van der Waals surface area (Å²) in [7, 11) is 0. The molecular formula is C15H24N6O2. The number of rotatable bonds is 4. The minimum atomic E-state index is -0.00307. The molecule has 0 aromatic carbocycles. The van der Waals surface area contributed by atoms with Crippen molar-refractivity contribution in [2.24, 2.45) is 5.92 Å². The van der Waals surface area contributed by atoms with Gasteiger partial charge in [-0.15, -0.1) is 5.10 Å². The lowest BCUT2D eigenvalue weighted by Crippen LogP contribution is -2.51. The third kappa shape index (κ3) is 4.27. The van der Waals surface area contributed by atoms with Crippen molar-refractivity contribution < 1.29 is 9.59 Å². The summed E-state index contributed by atoms with van der Waals surface area (Å²) < 4.78 is 1.42. The molecule has 1 saturated heterocycles. The van der Waals surface area contributed by atoms with E-state index in [2.05, 4.69) is 15.5 Å². The van der Waals surface area contributed by atoms with Crippen LogP contribution in [0.4, 0.5) is 0 Å². The summed E-state index contributed by atoms with van der Waals surface area (Å²) in [5.74, 6) is 0.817. The highest BCUT2D eigenvalue weighted by atomic mass is 16.2. The Morgan fingerprint density at radius 3 is 2.22 bits per heavy atom. The van der Waals surface area contributed by atoms with Crippen molar-refractivity contribution in [1.82, 2.24) is 30.0 Å². The molecule has 1 aliphatic carbocycles. The van der Waals surface area contributed by atoms with Gasteiger partial charge in [-0.25, -0.2) is 4.68 Å². The molecule has 1 saturated carbocycles. The number of piperazine rings is 1. The molecule has 0 radical (unpaired) electrons. The minimum absolute atomic E-state index is 0.00307. The van der Waals surface area contributed by atoms with Crippen LogP contribution in [0.2, 0.25) is 0 Å². The van der Waals surface area contributed by atoms with Crippen LogP contribution in [-0.4, -0.2) is 68.0 Å². The molecule has 1 aromatic heterocycles. The number of tetrazole rings is 1. The van der Waals surface area contributed by atoms with Crippen molar-refractivity contribution in [2.45, 2.75) is 45.1 Å². The van der Waals surface area contributed by atoms with Gasteiger partial charge in [0.2, 0.25) is 11.8 Å². The first-order valence-corrected chi connectivity index (χ1v) is 8.48. The predicted octanol–water partition coefficient (Wildman–Crippen LogP) is 0.314. The second-order valence-corrected chi connectivity index (χ2v) is 6.48. The molecule has 0 atom stereocenters. The van der Waals surface area contributed by atoms with E-state index in [0.29, 0.717) is 38.5 Å². The highest BCUT2D eigenvalue weighted by Gasteiger charge is 2.26. The van der Waals surface area contributed by atoms with E-state index in [1.807, 2.05) is 4.90 Å². The van der Waals surface area contributed by atoms with E-state index in [0.717, 1.165) is 0 Å². The Bertz CT molecular complexity index is 518. The third-order valence-electron chi connectivity index (χ3n) is 4.86. The summed E-state index contributed by atoms with van der Waals surface area (Å²) in [6.07, 6.45) is 8.33. The molecule has 3 rings (SSSR count). The minimum Gasteiger partial charge on any atom is -0.339 e. The smallest absolute Gasteiger partial charge is 0.244 e. The SMILES string of the molecule is O=C(CC1CCCCC1)N1CCN(C(=O)Cn2cnnn2)CC1. The maximum atomic E-state index is 12.4. The summed E-state index contributed by atoms with van der Waals surface area (Å²) in [6.45, 7) is 2.61. The van der Waals surface area contributed by atoms with Crippen molar-refractivity contribution in [1.29, 1.82) is 0 Å². The van der Waals surface area contributed by atoms with Crippen LogP contribution in [0.5, 0.6) is 0 Å². The molecule has 8 heteroatoms. The van der Waals surface area contributed by atoms with Crippen molar-refractivity contribution in [3.8, 4) is 0 Å². The fourth-order valence-corrected chi connectivity index (χ4v) is 3.46. The zero-order chi connectivity index (χ0) is 16.1. The van der Waals surface area contributed by atoms with Crippen molar-refractivity contribution in [2.75, 3.05) is 26.2 Å². The molecular weight excluding hydrogens is 296 g/mol. The average molecular weight is 320 g/mol. The van der Waals surface area contributed by atoms with E-state index in [9.17, 15) is 9.59 Å². The third-order valence-corrected chi connectivity index (χ3v) is 4.86. The lowest BCUT2D eigenvalue weighted by atomic mass is 9.86. The Morgan fingerprint density at radius 2 is 1.61 bits per heavy atom. The lowest BCUT2D eigenvalue weighted by molar-refractivity contribution is -0.140. The first-order chi connectivity index (χ1) is 11.2. The van der Waals surface area contributed by atoms with Gasteiger partial charge in [0.05, 0.1) is 0 Å².